The molecule has 0 aliphatic rings. The second kappa shape index (κ2) is 6.53. The van der Waals surface area contributed by atoms with Crippen molar-refractivity contribution in [2.24, 2.45) is 0 Å². The Balaban J connectivity index is 3.16. The van der Waals surface area contributed by atoms with Crippen molar-refractivity contribution in [1.82, 2.24) is 0 Å². The van der Waals surface area contributed by atoms with E-state index in [2.05, 4.69) is 19.6 Å². The van der Waals surface area contributed by atoms with Crippen molar-refractivity contribution < 1.29 is 9.53 Å². The van der Waals surface area contributed by atoms with Crippen LogP contribution in [0.15, 0.2) is 0 Å². The summed E-state index contributed by atoms with van der Waals surface area (Å²) in [5.74, 6) is -0.206. The monoisotopic (exact) mass is 176 g/mol. The van der Waals surface area contributed by atoms with Gasteiger partial charge in [0.05, 0.1) is 6.61 Å². The molecule has 0 heterocycles. The Morgan fingerprint density at radius 2 is 2.18 bits per heavy atom. The van der Waals surface area contributed by atoms with Gasteiger partial charge in [-0.15, -0.1) is 0 Å². The predicted molar refractivity (Wildman–Crippen MR) is 48.9 cm³/mol. The maximum atomic E-state index is 10.3. The zero-order chi connectivity index (χ0) is 8.69. The normalized spacial score (nSPS) is 12.6. The van der Waals surface area contributed by atoms with Crippen LogP contribution >= 0.6 is 12.6 Å². The average Bonchev–Trinajstić information content (AvgIpc) is 1.87. The second-order valence-electron chi connectivity index (χ2n) is 2.57. The summed E-state index contributed by atoms with van der Waals surface area (Å²) in [5.41, 5.74) is 0. The van der Waals surface area contributed by atoms with Crippen molar-refractivity contribution in [3.8, 4) is 0 Å². The lowest BCUT2D eigenvalue weighted by Crippen LogP contribution is -2.07. The minimum Gasteiger partial charge on any atom is -0.466 e. The molecule has 0 spiro atoms. The molecule has 0 amide bonds. The Labute approximate surface area is 73.7 Å². The van der Waals surface area contributed by atoms with Gasteiger partial charge >= 0.3 is 5.97 Å². The standard InChI is InChI=1S/C8H16O2S/c1-3-4-8(11)5-6-10-7(2)9/h8,11H,3-6H2,1-2H3. The van der Waals surface area contributed by atoms with Gasteiger partial charge in [-0.3, -0.25) is 4.79 Å². The molecule has 0 bridgehead atoms. The van der Waals surface area contributed by atoms with Gasteiger partial charge in [-0.05, 0) is 12.8 Å². The van der Waals surface area contributed by atoms with Gasteiger partial charge < -0.3 is 4.74 Å². The summed E-state index contributed by atoms with van der Waals surface area (Å²) in [6.07, 6.45) is 3.08. The smallest absolute Gasteiger partial charge is 0.302 e. The number of rotatable bonds is 5. The zero-order valence-electron chi connectivity index (χ0n) is 7.17. The molecule has 11 heavy (non-hydrogen) atoms. The SMILES string of the molecule is CCCC(S)CCOC(C)=O. The highest BCUT2D eigenvalue weighted by Gasteiger charge is 2.01. The summed E-state index contributed by atoms with van der Waals surface area (Å²) in [7, 11) is 0. The minimum absolute atomic E-state index is 0.206. The van der Waals surface area contributed by atoms with Crippen molar-refractivity contribution in [2.75, 3.05) is 6.61 Å². The van der Waals surface area contributed by atoms with E-state index in [4.69, 9.17) is 4.74 Å². The lowest BCUT2D eigenvalue weighted by Gasteiger charge is -2.07. The van der Waals surface area contributed by atoms with Crippen LogP contribution in [0.1, 0.15) is 33.1 Å². The molecule has 2 nitrogen and oxygen atoms in total. The fraction of sp³-hybridized carbons (Fsp3) is 0.875. The molecule has 0 fully saturated rings. The van der Waals surface area contributed by atoms with Crippen LogP contribution in [-0.2, 0) is 9.53 Å². The van der Waals surface area contributed by atoms with Gasteiger partial charge in [0.15, 0.2) is 0 Å². The molecule has 0 radical (unpaired) electrons. The predicted octanol–water partition coefficient (Wildman–Crippen LogP) is 2.04. The van der Waals surface area contributed by atoms with E-state index < -0.39 is 0 Å². The Morgan fingerprint density at radius 1 is 1.55 bits per heavy atom. The van der Waals surface area contributed by atoms with E-state index in [-0.39, 0.29) is 5.97 Å². The topological polar surface area (TPSA) is 26.3 Å². The van der Waals surface area contributed by atoms with Crippen molar-refractivity contribution in [2.45, 2.75) is 38.4 Å². The first kappa shape index (κ1) is 10.8. The van der Waals surface area contributed by atoms with Crippen molar-refractivity contribution in [1.29, 1.82) is 0 Å². The van der Waals surface area contributed by atoms with Crippen molar-refractivity contribution >= 4 is 18.6 Å². The molecule has 0 rings (SSSR count). The molecule has 0 aromatic heterocycles. The average molecular weight is 176 g/mol. The molecule has 0 saturated heterocycles. The number of esters is 1. The van der Waals surface area contributed by atoms with E-state index in [1.54, 1.807) is 0 Å². The van der Waals surface area contributed by atoms with E-state index in [1.165, 1.54) is 6.92 Å². The summed E-state index contributed by atoms with van der Waals surface area (Å²) in [6, 6.07) is 0. The number of hydrogen-bond acceptors (Lipinski definition) is 3. The molecule has 0 aliphatic carbocycles. The van der Waals surface area contributed by atoms with Crippen LogP contribution < -0.4 is 0 Å². The lowest BCUT2D eigenvalue weighted by atomic mass is 10.2. The van der Waals surface area contributed by atoms with E-state index >= 15 is 0 Å². The highest BCUT2D eigenvalue weighted by Crippen LogP contribution is 2.08. The van der Waals surface area contributed by atoms with Gasteiger partial charge in [-0.2, -0.15) is 12.6 Å². The van der Waals surface area contributed by atoms with E-state index in [9.17, 15) is 4.79 Å². The molecular formula is C8H16O2S. The summed E-state index contributed by atoms with van der Waals surface area (Å²) < 4.78 is 4.77. The van der Waals surface area contributed by atoms with Gasteiger partial charge in [0, 0.05) is 12.2 Å². The number of thiol groups is 1. The van der Waals surface area contributed by atoms with E-state index in [0.29, 0.717) is 11.9 Å². The Bertz CT molecular complexity index is 115. The van der Waals surface area contributed by atoms with Crippen molar-refractivity contribution in [3.63, 3.8) is 0 Å². The third-order valence-electron chi connectivity index (χ3n) is 1.38. The Kier molecular flexibility index (Phi) is 6.42. The fourth-order valence-corrected chi connectivity index (χ4v) is 1.18. The lowest BCUT2D eigenvalue weighted by molar-refractivity contribution is -0.141. The fourth-order valence-electron chi connectivity index (χ4n) is 0.816. The maximum Gasteiger partial charge on any atom is 0.302 e. The molecule has 0 aliphatic heterocycles. The molecule has 3 heteroatoms. The Morgan fingerprint density at radius 3 is 2.64 bits per heavy atom. The van der Waals surface area contributed by atoms with Gasteiger partial charge in [-0.1, -0.05) is 13.3 Å². The summed E-state index contributed by atoms with van der Waals surface area (Å²) in [5, 5.41) is 0.374. The molecule has 1 atom stereocenters. The first-order valence-corrected chi connectivity index (χ1v) is 4.50. The third-order valence-corrected chi connectivity index (χ3v) is 1.89. The number of carbonyl (C=O) groups excluding carboxylic acids is 1. The van der Waals surface area contributed by atoms with Crippen LogP contribution in [0.3, 0.4) is 0 Å². The van der Waals surface area contributed by atoms with E-state index in [0.717, 1.165) is 19.3 Å². The quantitative estimate of drug-likeness (QED) is 0.512. The summed E-state index contributed by atoms with van der Waals surface area (Å²) >= 11 is 4.32. The van der Waals surface area contributed by atoms with Gasteiger partial charge in [0.25, 0.3) is 0 Å². The second-order valence-corrected chi connectivity index (χ2v) is 3.30. The molecule has 0 N–H and O–H groups in total. The minimum atomic E-state index is -0.206. The van der Waals surface area contributed by atoms with Crippen molar-refractivity contribution in [3.05, 3.63) is 0 Å². The Hall–Kier alpha value is -0.180. The van der Waals surface area contributed by atoms with Gasteiger partial charge in [0.2, 0.25) is 0 Å². The molecule has 0 aromatic rings. The number of ether oxygens (including phenoxy) is 1. The summed E-state index contributed by atoms with van der Waals surface area (Å²) in [4.78, 5) is 10.3. The van der Waals surface area contributed by atoms with Crippen LogP contribution in [0.2, 0.25) is 0 Å². The molecule has 1 unspecified atom stereocenters. The molecular weight excluding hydrogens is 160 g/mol. The van der Waals surface area contributed by atoms with Crippen LogP contribution in [-0.4, -0.2) is 17.8 Å². The van der Waals surface area contributed by atoms with Gasteiger partial charge in [0.1, 0.15) is 0 Å². The van der Waals surface area contributed by atoms with Crippen LogP contribution in [0.25, 0.3) is 0 Å². The van der Waals surface area contributed by atoms with Crippen LogP contribution in [0.5, 0.6) is 0 Å². The highest BCUT2D eigenvalue weighted by atomic mass is 32.1. The first-order valence-electron chi connectivity index (χ1n) is 3.98. The van der Waals surface area contributed by atoms with Crippen LogP contribution in [0, 0.1) is 0 Å². The maximum absolute atomic E-state index is 10.3. The number of hydrogen-bond donors (Lipinski definition) is 1. The molecule has 0 aromatic carbocycles. The molecule has 0 saturated carbocycles. The summed E-state index contributed by atoms with van der Waals surface area (Å²) in [6.45, 7) is 4.05. The highest BCUT2D eigenvalue weighted by molar-refractivity contribution is 7.80. The zero-order valence-corrected chi connectivity index (χ0v) is 8.06. The molecule has 66 valence electrons. The van der Waals surface area contributed by atoms with Crippen LogP contribution in [0.4, 0.5) is 0 Å². The first-order chi connectivity index (χ1) is 5.16. The van der Waals surface area contributed by atoms with Gasteiger partial charge in [-0.25, -0.2) is 0 Å². The number of carbonyl (C=O) groups is 1. The third kappa shape index (κ3) is 7.72. The van der Waals surface area contributed by atoms with E-state index in [1.807, 2.05) is 0 Å². The largest absolute Gasteiger partial charge is 0.466 e.